The van der Waals surface area contributed by atoms with E-state index in [4.69, 9.17) is 0 Å². The minimum atomic E-state index is 0.141. The lowest BCUT2D eigenvalue weighted by Gasteiger charge is -2.31. The van der Waals surface area contributed by atoms with Crippen molar-refractivity contribution in [3.05, 3.63) is 47.8 Å². The van der Waals surface area contributed by atoms with Crippen LogP contribution in [-0.2, 0) is 6.54 Å². The predicted molar refractivity (Wildman–Crippen MR) is 94.9 cm³/mol. The van der Waals surface area contributed by atoms with Crippen LogP contribution in [-0.4, -0.2) is 39.9 Å². The van der Waals surface area contributed by atoms with Crippen LogP contribution in [0.3, 0.4) is 0 Å². The van der Waals surface area contributed by atoms with E-state index in [1.807, 2.05) is 23.9 Å². The molecular formula is C19H28N4. The van der Waals surface area contributed by atoms with E-state index in [1.165, 1.54) is 31.5 Å². The van der Waals surface area contributed by atoms with Gasteiger partial charge in [-0.1, -0.05) is 12.1 Å². The van der Waals surface area contributed by atoms with Gasteiger partial charge in [-0.15, -0.1) is 0 Å². The van der Waals surface area contributed by atoms with Crippen molar-refractivity contribution in [2.24, 2.45) is 0 Å². The number of rotatable bonds is 6. The minimum Gasteiger partial charge on any atom is -0.306 e. The summed E-state index contributed by atoms with van der Waals surface area (Å²) < 4.78 is 1.92. The first-order valence-corrected chi connectivity index (χ1v) is 8.61. The van der Waals surface area contributed by atoms with Crippen molar-refractivity contribution < 1.29 is 0 Å². The molecule has 2 heterocycles. The lowest BCUT2D eigenvalue weighted by Crippen LogP contribution is -2.48. The third-order valence-corrected chi connectivity index (χ3v) is 4.51. The normalized spacial score (nSPS) is 16.1. The maximum atomic E-state index is 4.45. The molecule has 0 bridgehead atoms. The number of aryl methyl sites for hydroxylation is 1. The number of aromatic nitrogens is 2. The fourth-order valence-corrected chi connectivity index (χ4v) is 3.22. The molecule has 0 amide bonds. The van der Waals surface area contributed by atoms with Gasteiger partial charge in [0.15, 0.2) is 0 Å². The summed E-state index contributed by atoms with van der Waals surface area (Å²) in [6.45, 7) is 11.1. The zero-order chi connectivity index (χ0) is 16.3. The maximum Gasteiger partial charge on any atom is 0.0645 e. The first kappa shape index (κ1) is 16.2. The van der Waals surface area contributed by atoms with E-state index in [0.717, 1.165) is 24.5 Å². The van der Waals surface area contributed by atoms with Crippen molar-refractivity contribution in [1.82, 2.24) is 20.0 Å². The molecular weight excluding hydrogens is 284 g/mol. The molecule has 0 aliphatic carbocycles. The number of benzene rings is 1. The summed E-state index contributed by atoms with van der Waals surface area (Å²) in [6, 6.07) is 10.7. The van der Waals surface area contributed by atoms with Crippen molar-refractivity contribution in [2.75, 3.05) is 19.6 Å². The Balaban J connectivity index is 1.55. The molecule has 3 rings (SSSR count). The topological polar surface area (TPSA) is 33.1 Å². The number of likely N-dealkylation sites (tertiary alicyclic amines) is 1. The number of nitrogens with zero attached hydrogens (tertiary/aromatic N) is 3. The summed E-state index contributed by atoms with van der Waals surface area (Å²) in [5, 5.41) is 8.15. The molecule has 1 N–H and O–H groups in total. The van der Waals surface area contributed by atoms with Crippen LogP contribution in [0.5, 0.6) is 0 Å². The molecule has 4 nitrogen and oxygen atoms in total. The molecule has 1 aromatic carbocycles. The zero-order valence-corrected chi connectivity index (χ0v) is 14.5. The van der Waals surface area contributed by atoms with E-state index in [1.54, 1.807) is 0 Å². The summed E-state index contributed by atoms with van der Waals surface area (Å²) in [7, 11) is 0. The van der Waals surface area contributed by atoms with E-state index in [9.17, 15) is 0 Å². The zero-order valence-electron chi connectivity index (χ0n) is 14.5. The summed E-state index contributed by atoms with van der Waals surface area (Å²) in [6.07, 6.45) is 4.70. The molecule has 0 spiro atoms. The molecule has 1 fully saturated rings. The molecule has 2 aromatic rings. The number of hydrogen-bond donors (Lipinski definition) is 1. The highest BCUT2D eigenvalue weighted by Crippen LogP contribution is 2.14. The number of nitrogens with one attached hydrogen (secondary N) is 1. The second kappa shape index (κ2) is 6.85. The lowest BCUT2D eigenvalue weighted by atomic mass is 10.0. The predicted octanol–water partition coefficient (Wildman–Crippen LogP) is 3.14. The van der Waals surface area contributed by atoms with Crippen LogP contribution in [0.2, 0.25) is 0 Å². The monoisotopic (exact) mass is 312 g/mol. The highest BCUT2D eigenvalue weighted by atomic mass is 15.3. The molecule has 4 heteroatoms. The maximum absolute atomic E-state index is 4.45. The van der Waals surface area contributed by atoms with Crippen molar-refractivity contribution in [2.45, 2.75) is 45.7 Å². The van der Waals surface area contributed by atoms with E-state index in [-0.39, 0.29) is 5.54 Å². The molecule has 0 atom stereocenters. The summed E-state index contributed by atoms with van der Waals surface area (Å²) in [5.41, 5.74) is 3.60. The fraction of sp³-hybridized carbons (Fsp3) is 0.526. The van der Waals surface area contributed by atoms with Gasteiger partial charge in [0.2, 0.25) is 0 Å². The van der Waals surface area contributed by atoms with Gasteiger partial charge in [-0.2, -0.15) is 5.10 Å². The largest absolute Gasteiger partial charge is 0.306 e. The molecule has 23 heavy (non-hydrogen) atoms. The van der Waals surface area contributed by atoms with Gasteiger partial charge in [0.25, 0.3) is 0 Å². The van der Waals surface area contributed by atoms with E-state index < -0.39 is 0 Å². The van der Waals surface area contributed by atoms with Gasteiger partial charge in [0.05, 0.1) is 11.4 Å². The van der Waals surface area contributed by atoms with Gasteiger partial charge in [-0.25, -0.2) is 4.68 Å². The van der Waals surface area contributed by atoms with Crippen LogP contribution >= 0.6 is 0 Å². The Hall–Kier alpha value is -1.65. The van der Waals surface area contributed by atoms with Crippen LogP contribution < -0.4 is 5.32 Å². The second-order valence-corrected chi connectivity index (χ2v) is 7.29. The standard InChI is InChI=1S/C19H28N4/c1-16-10-13-23(21-16)18-8-6-17(7-9-18)14-20-19(2,3)15-22-11-4-5-12-22/h6-10,13,20H,4-5,11-12,14-15H2,1-3H3. The third-order valence-electron chi connectivity index (χ3n) is 4.51. The molecule has 1 saturated heterocycles. The van der Waals surface area contributed by atoms with Gasteiger partial charge in [-0.05, 0) is 70.5 Å². The van der Waals surface area contributed by atoms with Crippen LogP contribution in [0.25, 0.3) is 5.69 Å². The summed E-state index contributed by atoms with van der Waals surface area (Å²) in [4.78, 5) is 2.57. The second-order valence-electron chi connectivity index (χ2n) is 7.29. The smallest absolute Gasteiger partial charge is 0.0645 e. The summed E-state index contributed by atoms with van der Waals surface area (Å²) >= 11 is 0. The van der Waals surface area contributed by atoms with Crippen molar-refractivity contribution in [3.8, 4) is 5.69 Å². The fourth-order valence-electron chi connectivity index (χ4n) is 3.22. The minimum absolute atomic E-state index is 0.141. The van der Waals surface area contributed by atoms with Crippen LogP contribution in [0.15, 0.2) is 36.5 Å². The van der Waals surface area contributed by atoms with E-state index in [2.05, 4.69) is 53.4 Å². The van der Waals surface area contributed by atoms with Gasteiger partial charge in [0.1, 0.15) is 0 Å². The Kier molecular flexibility index (Phi) is 4.83. The Morgan fingerprint density at radius 3 is 2.39 bits per heavy atom. The number of hydrogen-bond acceptors (Lipinski definition) is 3. The average Bonchev–Trinajstić information content (AvgIpc) is 3.17. The third kappa shape index (κ3) is 4.43. The molecule has 0 saturated carbocycles. The van der Waals surface area contributed by atoms with Gasteiger partial charge in [0, 0.05) is 24.8 Å². The van der Waals surface area contributed by atoms with Crippen LogP contribution in [0.1, 0.15) is 37.9 Å². The first-order valence-electron chi connectivity index (χ1n) is 8.61. The highest BCUT2D eigenvalue weighted by Gasteiger charge is 2.22. The summed E-state index contributed by atoms with van der Waals surface area (Å²) in [5.74, 6) is 0. The molecule has 1 aliphatic rings. The average molecular weight is 312 g/mol. The Morgan fingerprint density at radius 1 is 1.09 bits per heavy atom. The lowest BCUT2D eigenvalue weighted by molar-refractivity contribution is 0.234. The Bertz CT molecular complexity index is 621. The van der Waals surface area contributed by atoms with Gasteiger partial charge in [-0.3, -0.25) is 0 Å². The van der Waals surface area contributed by atoms with Crippen molar-refractivity contribution >= 4 is 0 Å². The van der Waals surface area contributed by atoms with Crippen LogP contribution in [0.4, 0.5) is 0 Å². The molecule has 0 unspecified atom stereocenters. The van der Waals surface area contributed by atoms with Crippen molar-refractivity contribution in [1.29, 1.82) is 0 Å². The molecule has 124 valence electrons. The first-order chi connectivity index (χ1) is 11.0. The molecule has 1 aromatic heterocycles. The van der Waals surface area contributed by atoms with E-state index >= 15 is 0 Å². The Morgan fingerprint density at radius 2 is 1.78 bits per heavy atom. The Labute approximate surface area is 139 Å². The quantitative estimate of drug-likeness (QED) is 0.889. The van der Waals surface area contributed by atoms with Crippen molar-refractivity contribution in [3.63, 3.8) is 0 Å². The molecule has 1 aliphatic heterocycles. The molecule has 0 radical (unpaired) electrons. The van der Waals surface area contributed by atoms with E-state index in [0.29, 0.717) is 0 Å². The van der Waals surface area contributed by atoms with Crippen LogP contribution in [0, 0.1) is 6.92 Å². The van der Waals surface area contributed by atoms with Gasteiger partial charge >= 0.3 is 0 Å². The SMILES string of the molecule is Cc1ccn(-c2ccc(CNC(C)(C)CN3CCCC3)cc2)n1. The highest BCUT2D eigenvalue weighted by molar-refractivity contribution is 5.34. The van der Waals surface area contributed by atoms with Gasteiger partial charge < -0.3 is 10.2 Å².